The summed E-state index contributed by atoms with van der Waals surface area (Å²) in [6.07, 6.45) is 7.20. The molecule has 3 rings (SSSR count). The molecule has 1 unspecified atom stereocenters. The molecule has 1 saturated heterocycles. The highest BCUT2D eigenvalue weighted by molar-refractivity contribution is 7.10. The summed E-state index contributed by atoms with van der Waals surface area (Å²) in [5.41, 5.74) is 2.37. The number of halogens is 1. The van der Waals surface area contributed by atoms with E-state index in [1.54, 1.807) is 11.3 Å². The number of carbonyl (C=O) groups excluding carboxylic acids is 1. The monoisotopic (exact) mass is 328 g/mol. The number of thiophene rings is 1. The van der Waals surface area contributed by atoms with Gasteiger partial charge in [-0.15, -0.1) is 23.7 Å². The fraction of sp³-hybridized carbons (Fsp3) is 0.688. The maximum atomic E-state index is 12.8. The minimum absolute atomic E-state index is 0. The summed E-state index contributed by atoms with van der Waals surface area (Å²) in [6.45, 7) is 2.87. The minimum Gasteiger partial charge on any atom is -0.338 e. The van der Waals surface area contributed by atoms with E-state index in [4.69, 9.17) is 0 Å². The van der Waals surface area contributed by atoms with Gasteiger partial charge in [0.1, 0.15) is 0 Å². The third-order valence-corrected chi connectivity index (χ3v) is 5.68. The number of fused-ring (bicyclic) bond motifs is 1. The van der Waals surface area contributed by atoms with Gasteiger partial charge >= 0.3 is 0 Å². The highest BCUT2D eigenvalue weighted by Crippen LogP contribution is 2.31. The third kappa shape index (κ3) is 3.61. The van der Waals surface area contributed by atoms with Gasteiger partial charge in [0.15, 0.2) is 0 Å². The summed E-state index contributed by atoms with van der Waals surface area (Å²) in [7, 11) is 2.00. The van der Waals surface area contributed by atoms with E-state index < -0.39 is 0 Å². The van der Waals surface area contributed by atoms with Crippen molar-refractivity contribution in [2.75, 3.05) is 26.7 Å². The molecule has 1 aromatic rings. The largest absolute Gasteiger partial charge is 0.338 e. The van der Waals surface area contributed by atoms with Crippen molar-refractivity contribution in [1.29, 1.82) is 0 Å². The number of piperidine rings is 1. The molecule has 1 atom stereocenters. The van der Waals surface area contributed by atoms with Gasteiger partial charge in [-0.05, 0) is 63.6 Å². The second-order valence-corrected chi connectivity index (χ2v) is 7.04. The number of hydrogen-bond acceptors (Lipinski definition) is 3. The second-order valence-electron chi connectivity index (χ2n) is 6.08. The van der Waals surface area contributed by atoms with Crippen LogP contribution in [0.2, 0.25) is 0 Å². The predicted octanol–water partition coefficient (Wildman–Crippen LogP) is 3.12. The highest BCUT2D eigenvalue weighted by atomic mass is 35.5. The van der Waals surface area contributed by atoms with Crippen molar-refractivity contribution in [2.24, 2.45) is 5.92 Å². The molecule has 1 fully saturated rings. The number of aryl methyl sites for hydroxylation is 1. The van der Waals surface area contributed by atoms with Crippen LogP contribution in [0, 0.1) is 5.92 Å². The van der Waals surface area contributed by atoms with Crippen molar-refractivity contribution in [3.05, 3.63) is 21.4 Å². The van der Waals surface area contributed by atoms with Crippen LogP contribution in [0.4, 0.5) is 0 Å². The first-order chi connectivity index (χ1) is 9.79. The number of hydrogen-bond donors (Lipinski definition) is 1. The third-order valence-electron chi connectivity index (χ3n) is 4.59. The van der Waals surface area contributed by atoms with Crippen LogP contribution in [0.15, 0.2) is 5.38 Å². The van der Waals surface area contributed by atoms with Crippen LogP contribution < -0.4 is 5.32 Å². The van der Waals surface area contributed by atoms with Crippen molar-refractivity contribution >= 4 is 29.7 Å². The highest BCUT2D eigenvalue weighted by Gasteiger charge is 2.27. The Balaban J connectivity index is 0.00000161. The normalized spacial score (nSPS) is 21.6. The molecule has 1 amide bonds. The summed E-state index contributed by atoms with van der Waals surface area (Å²) in [5, 5.41) is 5.36. The number of nitrogens with zero attached hydrogens (tertiary/aromatic N) is 1. The van der Waals surface area contributed by atoms with Crippen LogP contribution >= 0.6 is 23.7 Å². The molecule has 2 heterocycles. The maximum absolute atomic E-state index is 12.8. The summed E-state index contributed by atoms with van der Waals surface area (Å²) in [6, 6.07) is 0. The van der Waals surface area contributed by atoms with E-state index in [0.717, 1.165) is 38.0 Å². The first-order valence-corrected chi connectivity index (χ1v) is 8.70. The predicted molar refractivity (Wildman–Crippen MR) is 90.8 cm³/mol. The summed E-state index contributed by atoms with van der Waals surface area (Å²) >= 11 is 1.80. The molecular weight excluding hydrogens is 304 g/mol. The van der Waals surface area contributed by atoms with Gasteiger partial charge in [-0.2, -0.15) is 0 Å². The van der Waals surface area contributed by atoms with Gasteiger partial charge in [0.2, 0.25) is 0 Å². The maximum Gasteiger partial charge on any atom is 0.254 e. The molecule has 1 N–H and O–H groups in total. The zero-order valence-electron chi connectivity index (χ0n) is 12.7. The Kier molecular flexibility index (Phi) is 6.08. The average Bonchev–Trinajstić information content (AvgIpc) is 2.91. The van der Waals surface area contributed by atoms with Crippen molar-refractivity contribution in [3.63, 3.8) is 0 Å². The molecule has 1 aromatic heterocycles. The van der Waals surface area contributed by atoms with Gasteiger partial charge in [0.25, 0.3) is 5.91 Å². The Morgan fingerprint density at radius 2 is 2.19 bits per heavy atom. The second kappa shape index (κ2) is 7.61. The molecular formula is C16H25ClN2OS. The average molecular weight is 329 g/mol. The molecule has 0 radical (unpaired) electrons. The van der Waals surface area contributed by atoms with E-state index in [0.29, 0.717) is 5.92 Å². The van der Waals surface area contributed by atoms with Crippen molar-refractivity contribution in [1.82, 2.24) is 10.2 Å². The smallest absolute Gasteiger partial charge is 0.254 e. The molecule has 0 aromatic carbocycles. The zero-order chi connectivity index (χ0) is 13.9. The molecule has 0 saturated carbocycles. The van der Waals surface area contributed by atoms with Gasteiger partial charge < -0.3 is 10.2 Å². The molecule has 2 aliphatic rings. The summed E-state index contributed by atoms with van der Waals surface area (Å²) < 4.78 is 0. The summed E-state index contributed by atoms with van der Waals surface area (Å²) in [5.74, 6) is 0.900. The van der Waals surface area contributed by atoms with Crippen molar-refractivity contribution in [3.8, 4) is 0 Å². The molecule has 5 heteroatoms. The van der Waals surface area contributed by atoms with Crippen molar-refractivity contribution in [2.45, 2.75) is 38.5 Å². The Labute approximate surface area is 137 Å². The number of carbonyl (C=O) groups is 1. The van der Waals surface area contributed by atoms with Gasteiger partial charge in [-0.25, -0.2) is 0 Å². The van der Waals surface area contributed by atoms with E-state index >= 15 is 0 Å². The van der Waals surface area contributed by atoms with E-state index in [1.165, 1.54) is 36.1 Å². The van der Waals surface area contributed by atoms with Crippen LogP contribution in [0.3, 0.4) is 0 Å². The molecule has 118 valence electrons. The molecule has 21 heavy (non-hydrogen) atoms. The fourth-order valence-corrected chi connectivity index (χ4v) is 4.67. The number of nitrogens with one attached hydrogen (secondary N) is 1. The molecule has 3 nitrogen and oxygen atoms in total. The van der Waals surface area contributed by atoms with Gasteiger partial charge in [-0.1, -0.05) is 0 Å². The SMILES string of the molecule is CNCC1CCCN(C(=O)c2csc3c2CCCC3)C1.Cl. The van der Waals surface area contributed by atoms with Gasteiger partial charge in [0, 0.05) is 23.3 Å². The number of amides is 1. The van der Waals surface area contributed by atoms with E-state index in [1.807, 2.05) is 7.05 Å². The van der Waals surface area contributed by atoms with Crippen LogP contribution in [0.5, 0.6) is 0 Å². The quantitative estimate of drug-likeness (QED) is 0.924. The van der Waals surface area contributed by atoms with E-state index in [-0.39, 0.29) is 18.3 Å². The summed E-state index contributed by atoms with van der Waals surface area (Å²) in [4.78, 5) is 16.3. The molecule has 0 bridgehead atoms. The number of likely N-dealkylation sites (tertiary alicyclic amines) is 1. The molecule has 0 spiro atoms. The first-order valence-electron chi connectivity index (χ1n) is 7.82. The fourth-order valence-electron chi connectivity index (χ4n) is 3.55. The Hall–Kier alpha value is -0.580. The Morgan fingerprint density at radius 3 is 3.00 bits per heavy atom. The topological polar surface area (TPSA) is 32.3 Å². The van der Waals surface area contributed by atoms with Crippen LogP contribution in [0.25, 0.3) is 0 Å². The first kappa shape index (κ1) is 16.8. The van der Waals surface area contributed by atoms with Crippen LogP contribution in [0.1, 0.15) is 46.5 Å². The van der Waals surface area contributed by atoms with E-state index in [9.17, 15) is 4.79 Å². The Morgan fingerprint density at radius 1 is 1.38 bits per heavy atom. The van der Waals surface area contributed by atoms with Gasteiger partial charge in [-0.3, -0.25) is 4.79 Å². The standard InChI is InChI=1S/C16H24N2OS.ClH/c1-17-9-12-5-4-8-18(10-12)16(19)14-11-20-15-7-3-2-6-13(14)15;/h11-12,17H,2-10H2,1H3;1H. The van der Waals surface area contributed by atoms with Gasteiger partial charge in [0.05, 0.1) is 5.56 Å². The van der Waals surface area contributed by atoms with Crippen LogP contribution in [-0.2, 0) is 12.8 Å². The Bertz CT molecular complexity index is 487. The lowest BCUT2D eigenvalue weighted by molar-refractivity contribution is 0.0673. The van der Waals surface area contributed by atoms with E-state index in [2.05, 4.69) is 15.6 Å². The number of rotatable bonds is 3. The lowest BCUT2D eigenvalue weighted by atomic mass is 9.94. The molecule has 1 aliphatic heterocycles. The zero-order valence-corrected chi connectivity index (χ0v) is 14.3. The lowest BCUT2D eigenvalue weighted by Gasteiger charge is -2.33. The molecule has 1 aliphatic carbocycles. The van der Waals surface area contributed by atoms with Crippen molar-refractivity contribution < 1.29 is 4.79 Å². The lowest BCUT2D eigenvalue weighted by Crippen LogP contribution is -2.42. The van der Waals surface area contributed by atoms with Crippen LogP contribution in [-0.4, -0.2) is 37.5 Å². The minimum atomic E-state index is 0.